The number of hydrogen-bond acceptors (Lipinski definition) is 3. The number of likely N-dealkylation sites (tertiary alicyclic amines) is 1. The van der Waals surface area contributed by atoms with Gasteiger partial charge in [-0.25, -0.2) is 0 Å². The minimum absolute atomic E-state index is 0.0319. The Bertz CT molecular complexity index is 805. The molecule has 4 fully saturated rings. The van der Waals surface area contributed by atoms with Crippen molar-refractivity contribution in [3.05, 3.63) is 29.8 Å². The van der Waals surface area contributed by atoms with Crippen molar-refractivity contribution >= 4 is 55.3 Å². The Morgan fingerprint density at radius 2 is 1.39 bits per heavy atom. The zero-order valence-corrected chi connectivity index (χ0v) is 18.6. The van der Waals surface area contributed by atoms with E-state index in [1.807, 2.05) is 4.90 Å². The highest BCUT2D eigenvalue weighted by Crippen LogP contribution is 2.60. The van der Waals surface area contributed by atoms with Crippen molar-refractivity contribution in [1.29, 1.82) is 0 Å². The SMILES string of the molecule is O=C(c1ccc(N2C(=O)[C@H]3[C@@H]4C[C@H]([C@@H](Br)[C@H]4Br)[C@@H]3C2=O)cc1)N1CCCCC1. The minimum Gasteiger partial charge on any atom is -0.339 e. The Balaban J connectivity index is 1.38. The summed E-state index contributed by atoms with van der Waals surface area (Å²) >= 11 is 7.43. The molecule has 2 aliphatic carbocycles. The van der Waals surface area contributed by atoms with Crippen LogP contribution in [-0.2, 0) is 9.59 Å². The third-order valence-electron chi connectivity index (χ3n) is 7.00. The van der Waals surface area contributed by atoms with Gasteiger partial charge < -0.3 is 4.90 Å². The molecule has 1 aromatic rings. The first-order chi connectivity index (χ1) is 13.5. The second kappa shape index (κ2) is 6.94. The standard InChI is InChI=1S/C21H22Br2N2O3/c22-17-13-10-14(18(17)23)16-15(13)20(27)25(21(16)28)12-6-4-11(5-7-12)19(26)24-8-2-1-3-9-24/h4-7,13-18H,1-3,8-10H2/t13-,14-,15-,16-,17-,18+/m0/s1. The van der Waals surface area contributed by atoms with Crippen molar-refractivity contribution in [2.45, 2.75) is 35.3 Å². The van der Waals surface area contributed by atoms with Crippen LogP contribution in [0.25, 0.3) is 0 Å². The highest BCUT2D eigenvalue weighted by atomic mass is 79.9. The first-order valence-electron chi connectivity index (χ1n) is 10.0. The first kappa shape index (κ1) is 18.8. The summed E-state index contributed by atoms with van der Waals surface area (Å²) in [6.07, 6.45) is 4.20. The maximum Gasteiger partial charge on any atom is 0.253 e. The van der Waals surface area contributed by atoms with Crippen LogP contribution >= 0.6 is 31.9 Å². The number of benzene rings is 1. The van der Waals surface area contributed by atoms with Gasteiger partial charge in [0.1, 0.15) is 0 Å². The maximum absolute atomic E-state index is 13.1. The number of imide groups is 1. The van der Waals surface area contributed by atoms with E-state index in [0.29, 0.717) is 11.3 Å². The number of halogens is 2. The predicted octanol–water partition coefficient (Wildman–Crippen LogP) is 3.60. The van der Waals surface area contributed by atoms with E-state index in [-0.39, 0.29) is 51.0 Å². The summed E-state index contributed by atoms with van der Waals surface area (Å²) in [7, 11) is 0. The van der Waals surface area contributed by atoms with Crippen LogP contribution in [0.15, 0.2) is 24.3 Å². The number of carbonyl (C=O) groups is 3. The van der Waals surface area contributed by atoms with Gasteiger partial charge in [0.05, 0.1) is 17.5 Å². The van der Waals surface area contributed by atoms with E-state index in [4.69, 9.17) is 0 Å². The second-order valence-electron chi connectivity index (χ2n) is 8.42. The molecule has 4 aliphatic rings. The molecule has 5 rings (SSSR count). The molecular formula is C21H22Br2N2O3. The summed E-state index contributed by atoms with van der Waals surface area (Å²) in [5, 5.41) is 0. The fourth-order valence-corrected chi connectivity index (χ4v) is 7.51. The molecule has 2 saturated carbocycles. The van der Waals surface area contributed by atoms with Crippen molar-refractivity contribution in [3.63, 3.8) is 0 Å². The summed E-state index contributed by atoms with van der Waals surface area (Å²) in [6, 6.07) is 6.98. The average molecular weight is 510 g/mol. The number of hydrogen-bond donors (Lipinski definition) is 0. The van der Waals surface area contributed by atoms with Gasteiger partial charge in [0, 0.05) is 28.3 Å². The van der Waals surface area contributed by atoms with Gasteiger partial charge >= 0.3 is 0 Å². The molecule has 2 saturated heterocycles. The Kier molecular flexibility index (Phi) is 4.66. The summed E-state index contributed by atoms with van der Waals surface area (Å²) in [5.41, 5.74) is 1.20. The molecule has 148 valence electrons. The highest BCUT2D eigenvalue weighted by Gasteiger charge is 2.66. The molecule has 28 heavy (non-hydrogen) atoms. The summed E-state index contributed by atoms with van der Waals surface area (Å²) < 4.78 is 0. The Morgan fingerprint density at radius 3 is 1.93 bits per heavy atom. The highest BCUT2D eigenvalue weighted by molar-refractivity contribution is 9.12. The zero-order valence-electron chi connectivity index (χ0n) is 15.4. The number of alkyl halides is 2. The third kappa shape index (κ3) is 2.65. The number of rotatable bonds is 2. The Labute approximate surface area is 181 Å². The van der Waals surface area contributed by atoms with E-state index in [2.05, 4.69) is 31.9 Å². The van der Waals surface area contributed by atoms with Crippen LogP contribution in [0, 0.1) is 23.7 Å². The number of piperidine rings is 1. The van der Waals surface area contributed by atoms with Crippen LogP contribution in [0.2, 0.25) is 0 Å². The number of fused-ring (bicyclic) bond motifs is 5. The van der Waals surface area contributed by atoms with E-state index in [1.54, 1.807) is 24.3 Å². The molecule has 5 nitrogen and oxygen atoms in total. The summed E-state index contributed by atoms with van der Waals surface area (Å²) in [4.78, 5) is 42.6. The second-order valence-corrected chi connectivity index (χ2v) is 10.5. The van der Waals surface area contributed by atoms with Crippen LogP contribution in [0.4, 0.5) is 5.69 Å². The Hall–Kier alpha value is -1.21. The molecule has 3 amide bonds. The number of anilines is 1. The van der Waals surface area contributed by atoms with E-state index >= 15 is 0 Å². The fourth-order valence-electron chi connectivity index (χ4n) is 5.64. The predicted molar refractivity (Wildman–Crippen MR) is 113 cm³/mol. The Morgan fingerprint density at radius 1 is 0.857 bits per heavy atom. The molecule has 0 aromatic heterocycles. The van der Waals surface area contributed by atoms with Crippen molar-refractivity contribution < 1.29 is 14.4 Å². The van der Waals surface area contributed by atoms with E-state index < -0.39 is 0 Å². The number of nitrogens with zero attached hydrogens (tertiary/aromatic N) is 2. The lowest BCUT2D eigenvalue weighted by molar-refractivity contribution is -0.123. The van der Waals surface area contributed by atoms with Gasteiger partial charge in [-0.2, -0.15) is 0 Å². The van der Waals surface area contributed by atoms with Crippen LogP contribution in [0.1, 0.15) is 36.0 Å². The molecule has 7 heteroatoms. The molecule has 2 heterocycles. The van der Waals surface area contributed by atoms with Gasteiger partial charge in [-0.05, 0) is 61.8 Å². The van der Waals surface area contributed by atoms with E-state index in [9.17, 15) is 14.4 Å². The fraction of sp³-hybridized carbons (Fsp3) is 0.571. The monoisotopic (exact) mass is 508 g/mol. The molecule has 0 unspecified atom stereocenters. The largest absolute Gasteiger partial charge is 0.339 e. The summed E-state index contributed by atoms with van der Waals surface area (Å²) in [5.74, 6) is -0.148. The van der Waals surface area contributed by atoms with Crippen LogP contribution in [0.3, 0.4) is 0 Å². The lowest BCUT2D eigenvalue weighted by atomic mass is 9.81. The van der Waals surface area contributed by atoms with Crippen molar-refractivity contribution in [2.75, 3.05) is 18.0 Å². The van der Waals surface area contributed by atoms with Crippen LogP contribution < -0.4 is 4.90 Å². The zero-order chi connectivity index (χ0) is 19.6. The normalized spacial score (nSPS) is 36.9. The van der Waals surface area contributed by atoms with Gasteiger partial charge in [-0.15, -0.1) is 0 Å². The van der Waals surface area contributed by atoms with Crippen molar-refractivity contribution in [2.24, 2.45) is 23.7 Å². The van der Waals surface area contributed by atoms with Gasteiger partial charge in [0.2, 0.25) is 11.8 Å². The van der Waals surface area contributed by atoms with Crippen molar-refractivity contribution in [3.8, 4) is 0 Å². The lowest BCUT2D eigenvalue weighted by Crippen LogP contribution is -2.37. The maximum atomic E-state index is 13.1. The first-order valence-corrected chi connectivity index (χ1v) is 11.9. The van der Waals surface area contributed by atoms with Crippen LogP contribution in [0.5, 0.6) is 0 Å². The molecule has 0 spiro atoms. The minimum atomic E-state index is -0.217. The number of carbonyl (C=O) groups excluding carboxylic acids is 3. The van der Waals surface area contributed by atoms with E-state index in [1.165, 1.54) is 11.3 Å². The smallest absolute Gasteiger partial charge is 0.253 e. The van der Waals surface area contributed by atoms with Crippen LogP contribution in [-0.4, -0.2) is 45.4 Å². The molecule has 6 atom stereocenters. The number of amides is 3. The molecule has 2 bridgehead atoms. The molecular weight excluding hydrogens is 488 g/mol. The topological polar surface area (TPSA) is 57.7 Å². The van der Waals surface area contributed by atoms with Gasteiger partial charge in [-0.3, -0.25) is 19.3 Å². The average Bonchev–Trinajstić information content (AvgIpc) is 3.33. The lowest BCUT2D eigenvalue weighted by Gasteiger charge is -2.28. The molecule has 0 N–H and O–H groups in total. The molecule has 2 aliphatic heterocycles. The van der Waals surface area contributed by atoms with Gasteiger partial charge in [-0.1, -0.05) is 31.9 Å². The van der Waals surface area contributed by atoms with Gasteiger partial charge in [0.15, 0.2) is 0 Å². The quantitative estimate of drug-likeness (QED) is 0.452. The molecule has 0 radical (unpaired) electrons. The van der Waals surface area contributed by atoms with Gasteiger partial charge in [0.25, 0.3) is 5.91 Å². The van der Waals surface area contributed by atoms with Crippen molar-refractivity contribution in [1.82, 2.24) is 4.90 Å². The summed E-state index contributed by atoms with van der Waals surface area (Å²) in [6.45, 7) is 1.61. The molecule has 1 aromatic carbocycles. The van der Waals surface area contributed by atoms with E-state index in [0.717, 1.165) is 32.4 Å². The third-order valence-corrected chi connectivity index (χ3v) is 10.2.